The van der Waals surface area contributed by atoms with Gasteiger partial charge in [0.2, 0.25) is 0 Å². The summed E-state index contributed by atoms with van der Waals surface area (Å²) in [4.78, 5) is 29.1. The van der Waals surface area contributed by atoms with Crippen LogP contribution in [0.2, 0.25) is 0 Å². The first-order valence-corrected chi connectivity index (χ1v) is 11.2. The fourth-order valence-electron chi connectivity index (χ4n) is 4.34. The molecule has 2 aromatic rings. The number of hydrogen-bond donors (Lipinski definition) is 1. The Morgan fingerprint density at radius 2 is 1.87 bits per heavy atom. The maximum Gasteiger partial charge on any atom is 0.321 e. The van der Waals surface area contributed by atoms with E-state index in [-0.39, 0.29) is 17.9 Å². The van der Waals surface area contributed by atoms with Gasteiger partial charge in [0, 0.05) is 44.3 Å². The fourth-order valence-corrected chi connectivity index (χ4v) is 4.34. The van der Waals surface area contributed by atoms with Gasteiger partial charge < -0.3 is 19.9 Å². The normalized spacial score (nSPS) is 17.3. The number of aromatic nitrogens is 2. The van der Waals surface area contributed by atoms with Gasteiger partial charge in [-0.25, -0.2) is 4.79 Å². The summed E-state index contributed by atoms with van der Waals surface area (Å²) in [5.41, 5.74) is 2.44. The number of hydrogen-bond acceptors (Lipinski definition) is 4. The molecule has 0 atom stereocenters. The summed E-state index contributed by atoms with van der Waals surface area (Å²) in [5, 5.41) is 7.71. The summed E-state index contributed by atoms with van der Waals surface area (Å²) in [6.07, 6.45) is 2.62. The first kappa shape index (κ1) is 21.2. The lowest BCUT2D eigenvalue weighted by Gasteiger charge is -2.31. The Labute approximate surface area is 183 Å². The van der Waals surface area contributed by atoms with Crippen molar-refractivity contribution >= 4 is 17.6 Å². The summed E-state index contributed by atoms with van der Waals surface area (Å²) in [5.74, 6) is 1.14. The van der Waals surface area contributed by atoms with Gasteiger partial charge in [-0.15, -0.1) is 0 Å². The molecule has 0 saturated carbocycles. The molecule has 8 heteroatoms. The number of benzene rings is 1. The highest BCUT2D eigenvalue weighted by Gasteiger charge is 2.29. The minimum Gasteiger partial charge on any atom is -0.494 e. The molecule has 1 aromatic carbocycles. The Kier molecular flexibility index (Phi) is 6.44. The topological polar surface area (TPSA) is 79.7 Å². The van der Waals surface area contributed by atoms with Crippen molar-refractivity contribution in [1.82, 2.24) is 19.6 Å². The first-order chi connectivity index (χ1) is 15.1. The monoisotopic (exact) mass is 425 g/mol. The van der Waals surface area contributed by atoms with E-state index in [0.717, 1.165) is 56.0 Å². The number of urea groups is 1. The molecule has 3 amide bonds. The van der Waals surface area contributed by atoms with Crippen LogP contribution < -0.4 is 10.1 Å². The Morgan fingerprint density at radius 1 is 1.13 bits per heavy atom. The second-order valence-corrected chi connectivity index (χ2v) is 8.06. The zero-order valence-corrected chi connectivity index (χ0v) is 18.3. The number of ether oxygens (including phenoxy) is 1. The van der Waals surface area contributed by atoms with Gasteiger partial charge in [-0.05, 0) is 63.4 Å². The smallest absolute Gasteiger partial charge is 0.321 e. The van der Waals surface area contributed by atoms with Crippen molar-refractivity contribution in [2.24, 2.45) is 0 Å². The van der Waals surface area contributed by atoms with E-state index < -0.39 is 0 Å². The Balaban J connectivity index is 1.34. The standard InChI is InChI=1S/C23H31N5O3/c1-3-26-12-5-13-28-21(22(26)29)16-20(25-28)17-10-14-27(15-11-17)23(30)24-18-6-8-19(9-7-18)31-4-2/h6-9,16-17H,3-5,10-15H2,1-2H3,(H,24,30). The van der Waals surface area contributed by atoms with Crippen molar-refractivity contribution in [3.63, 3.8) is 0 Å². The van der Waals surface area contributed by atoms with Crippen LogP contribution in [0.5, 0.6) is 5.75 Å². The number of nitrogens with one attached hydrogen (secondary N) is 1. The van der Waals surface area contributed by atoms with Gasteiger partial charge in [-0.1, -0.05) is 0 Å². The van der Waals surface area contributed by atoms with Crippen molar-refractivity contribution in [3.05, 3.63) is 41.7 Å². The van der Waals surface area contributed by atoms with Crippen LogP contribution in [0, 0.1) is 0 Å². The second kappa shape index (κ2) is 9.41. The van der Waals surface area contributed by atoms with Crippen LogP contribution in [0.4, 0.5) is 10.5 Å². The van der Waals surface area contributed by atoms with Gasteiger partial charge in [0.15, 0.2) is 0 Å². The number of nitrogens with zero attached hydrogens (tertiary/aromatic N) is 4. The Morgan fingerprint density at radius 3 is 2.55 bits per heavy atom. The predicted molar refractivity (Wildman–Crippen MR) is 119 cm³/mol. The molecule has 2 aliphatic heterocycles. The van der Waals surface area contributed by atoms with Crippen LogP contribution in [-0.2, 0) is 6.54 Å². The average Bonchev–Trinajstić information content (AvgIpc) is 3.16. The average molecular weight is 426 g/mol. The summed E-state index contributed by atoms with van der Waals surface area (Å²) < 4.78 is 7.31. The number of rotatable bonds is 5. The fraction of sp³-hybridized carbons (Fsp3) is 0.522. The van der Waals surface area contributed by atoms with Crippen molar-refractivity contribution < 1.29 is 14.3 Å². The van der Waals surface area contributed by atoms with Crippen LogP contribution in [0.1, 0.15) is 55.2 Å². The quantitative estimate of drug-likeness (QED) is 0.794. The Hall–Kier alpha value is -3.03. The maximum absolute atomic E-state index is 12.7. The van der Waals surface area contributed by atoms with Crippen LogP contribution in [0.15, 0.2) is 30.3 Å². The predicted octanol–water partition coefficient (Wildman–Crippen LogP) is 3.56. The van der Waals surface area contributed by atoms with Crippen molar-refractivity contribution in [1.29, 1.82) is 0 Å². The van der Waals surface area contributed by atoms with E-state index >= 15 is 0 Å². The number of anilines is 1. The number of fused-ring (bicyclic) bond motifs is 1. The second-order valence-electron chi connectivity index (χ2n) is 8.06. The minimum absolute atomic E-state index is 0.0749. The molecule has 3 heterocycles. The molecule has 0 spiro atoms. The molecule has 1 saturated heterocycles. The lowest BCUT2D eigenvalue weighted by atomic mass is 9.93. The van der Waals surface area contributed by atoms with E-state index in [0.29, 0.717) is 25.4 Å². The molecule has 1 aromatic heterocycles. The number of carbonyl (C=O) groups excluding carboxylic acids is 2. The third-order valence-corrected chi connectivity index (χ3v) is 6.10. The van der Waals surface area contributed by atoms with Gasteiger partial charge in [-0.2, -0.15) is 5.10 Å². The third kappa shape index (κ3) is 4.68. The molecular formula is C23H31N5O3. The van der Waals surface area contributed by atoms with E-state index in [1.54, 1.807) is 0 Å². The van der Waals surface area contributed by atoms with E-state index in [9.17, 15) is 9.59 Å². The number of carbonyl (C=O) groups is 2. The minimum atomic E-state index is -0.0861. The molecular weight excluding hydrogens is 394 g/mol. The van der Waals surface area contributed by atoms with E-state index in [2.05, 4.69) is 5.32 Å². The first-order valence-electron chi connectivity index (χ1n) is 11.2. The zero-order valence-electron chi connectivity index (χ0n) is 18.3. The summed E-state index contributed by atoms with van der Waals surface area (Å²) >= 11 is 0. The number of aryl methyl sites for hydroxylation is 1. The summed E-state index contributed by atoms with van der Waals surface area (Å²) in [7, 11) is 0. The molecule has 0 aliphatic carbocycles. The lowest BCUT2D eigenvalue weighted by Crippen LogP contribution is -2.40. The lowest BCUT2D eigenvalue weighted by molar-refractivity contribution is 0.0766. The molecule has 166 valence electrons. The molecule has 2 aliphatic rings. The van der Waals surface area contributed by atoms with Gasteiger partial charge in [0.1, 0.15) is 11.4 Å². The molecule has 4 rings (SSSR count). The molecule has 31 heavy (non-hydrogen) atoms. The van der Waals surface area contributed by atoms with E-state index in [1.807, 2.05) is 58.7 Å². The Bertz CT molecular complexity index is 916. The molecule has 0 unspecified atom stereocenters. The highest BCUT2D eigenvalue weighted by atomic mass is 16.5. The van der Waals surface area contributed by atoms with E-state index in [4.69, 9.17) is 9.84 Å². The highest BCUT2D eigenvalue weighted by molar-refractivity contribution is 5.93. The van der Waals surface area contributed by atoms with Crippen molar-refractivity contribution in [2.45, 2.75) is 45.6 Å². The molecule has 1 fully saturated rings. The maximum atomic E-state index is 12.7. The molecule has 0 bridgehead atoms. The van der Waals surface area contributed by atoms with E-state index in [1.165, 1.54) is 0 Å². The third-order valence-electron chi connectivity index (χ3n) is 6.10. The van der Waals surface area contributed by atoms with Crippen molar-refractivity contribution in [3.8, 4) is 5.75 Å². The molecule has 8 nitrogen and oxygen atoms in total. The van der Waals surface area contributed by atoms with Gasteiger partial charge in [0.05, 0.1) is 12.3 Å². The van der Waals surface area contributed by atoms with Crippen molar-refractivity contribution in [2.75, 3.05) is 38.1 Å². The number of amides is 3. The number of piperidine rings is 1. The van der Waals surface area contributed by atoms with Gasteiger partial charge in [0.25, 0.3) is 5.91 Å². The summed E-state index contributed by atoms with van der Waals surface area (Å²) in [6, 6.07) is 9.30. The van der Waals surface area contributed by atoms with Crippen LogP contribution in [0.25, 0.3) is 0 Å². The largest absolute Gasteiger partial charge is 0.494 e. The number of likely N-dealkylation sites (tertiary alicyclic amines) is 1. The van der Waals surface area contributed by atoms with Crippen LogP contribution in [0.3, 0.4) is 0 Å². The SMILES string of the molecule is CCOc1ccc(NC(=O)N2CCC(c3cc4n(n3)CCCN(CC)C4=O)CC2)cc1. The zero-order chi connectivity index (χ0) is 21.8. The van der Waals surface area contributed by atoms with Gasteiger partial charge >= 0.3 is 6.03 Å². The van der Waals surface area contributed by atoms with Crippen LogP contribution in [-0.4, -0.2) is 64.3 Å². The highest BCUT2D eigenvalue weighted by Crippen LogP contribution is 2.29. The van der Waals surface area contributed by atoms with Gasteiger partial charge in [-0.3, -0.25) is 9.48 Å². The molecule has 0 radical (unpaired) electrons. The van der Waals surface area contributed by atoms with Crippen LogP contribution >= 0.6 is 0 Å². The summed E-state index contributed by atoms with van der Waals surface area (Å²) in [6.45, 7) is 8.20. The molecule has 1 N–H and O–H groups in total.